The van der Waals surface area contributed by atoms with Gasteiger partial charge in [0.2, 0.25) is 7.29 Å². The molecule has 1 heterocycles. The van der Waals surface area contributed by atoms with Gasteiger partial charge in [0, 0.05) is 16.2 Å². The number of furan rings is 1. The number of hydrogen-bond donors (Lipinski definition) is 2. The number of aliphatic hydroxyl groups is 1. The maximum Gasteiger partial charge on any atom is 0.205 e. The van der Waals surface area contributed by atoms with Gasteiger partial charge in [-0.3, -0.25) is 14.4 Å². The van der Waals surface area contributed by atoms with Gasteiger partial charge in [0.25, 0.3) is 0 Å². The Bertz CT molecular complexity index is 1200. The Morgan fingerprint density at radius 3 is 1.88 bits per heavy atom. The number of ketones is 1. The summed E-state index contributed by atoms with van der Waals surface area (Å²) in [5, 5.41) is 15.4. The van der Waals surface area contributed by atoms with E-state index in [-0.39, 0.29) is 0 Å². The van der Waals surface area contributed by atoms with Gasteiger partial charge in [0.15, 0.2) is 5.78 Å². The molecule has 3 aromatic carbocycles. The molecule has 0 bridgehead atoms. The Balaban J connectivity index is 1.75. The van der Waals surface area contributed by atoms with Crippen LogP contribution in [0.25, 0.3) is 6.08 Å². The SMILES string of the molecule is O=C(c1ccccc1)[C@H](O)[C@H](/C=C/c1ccco1)NP(=O)(c1ccccc1)c1ccccc1. The minimum absolute atomic E-state index is 0.373. The van der Waals surface area contributed by atoms with E-state index in [1.165, 1.54) is 6.26 Å². The van der Waals surface area contributed by atoms with Crippen LogP contribution in [0.5, 0.6) is 0 Å². The Kier molecular flexibility index (Phi) is 7.16. The van der Waals surface area contributed by atoms with Crippen LogP contribution in [0.4, 0.5) is 0 Å². The molecule has 0 saturated heterocycles. The van der Waals surface area contributed by atoms with Gasteiger partial charge in [-0.1, -0.05) is 72.8 Å². The lowest BCUT2D eigenvalue weighted by atomic mass is 10.0. The normalized spacial score (nSPS) is 13.6. The molecule has 33 heavy (non-hydrogen) atoms. The van der Waals surface area contributed by atoms with Gasteiger partial charge in [0.1, 0.15) is 11.9 Å². The summed E-state index contributed by atoms with van der Waals surface area (Å²) < 4.78 is 19.8. The fourth-order valence-electron chi connectivity index (χ4n) is 3.52. The number of hydrogen-bond acceptors (Lipinski definition) is 4. The molecule has 0 fully saturated rings. The van der Waals surface area contributed by atoms with Gasteiger partial charge < -0.3 is 9.52 Å². The number of rotatable bonds is 9. The van der Waals surface area contributed by atoms with Crippen LogP contribution in [0.3, 0.4) is 0 Å². The monoisotopic (exact) mass is 457 g/mol. The maximum atomic E-state index is 14.5. The van der Waals surface area contributed by atoms with Crippen molar-refractivity contribution in [2.45, 2.75) is 12.1 Å². The van der Waals surface area contributed by atoms with Crippen LogP contribution in [0.2, 0.25) is 0 Å². The summed E-state index contributed by atoms with van der Waals surface area (Å²) in [6.45, 7) is 0. The third kappa shape index (κ3) is 5.29. The zero-order valence-electron chi connectivity index (χ0n) is 17.8. The van der Waals surface area contributed by atoms with E-state index in [0.29, 0.717) is 21.9 Å². The number of carbonyl (C=O) groups excluding carboxylic acids is 1. The van der Waals surface area contributed by atoms with Gasteiger partial charge in [-0.05, 0) is 42.5 Å². The minimum Gasteiger partial charge on any atom is -0.465 e. The topological polar surface area (TPSA) is 79.5 Å². The summed E-state index contributed by atoms with van der Waals surface area (Å²) in [7, 11) is -3.42. The van der Waals surface area contributed by atoms with Crippen LogP contribution in [0.15, 0.2) is 120 Å². The van der Waals surface area contributed by atoms with Crippen molar-refractivity contribution in [1.82, 2.24) is 5.09 Å². The number of carbonyl (C=O) groups is 1. The fourth-order valence-corrected chi connectivity index (χ4v) is 5.95. The maximum absolute atomic E-state index is 14.5. The van der Waals surface area contributed by atoms with E-state index in [1.54, 1.807) is 78.9 Å². The van der Waals surface area contributed by atoms with Crippen molar-refractivity contribution < 1.29 is 18.9 Å². The Hall–Kier alpha value is -3.50. The summed E-state index contributed by atoms with van der Waals surface area (Å²) in [5.74, 6) is 0.0836. The molecule has 4 rings (SSSR count). The summed E-state index contributed by atoms with van der Waals surface area (Å²) in [6.07, 6.45) is 3.33. The van der Waals surface area contributed by atoms with Crippen LogP contribution in [-0.4, -0.2) is 23.0 Å². The van der Waals surface area contributed by atoms with Crippen molar-refractivity contribution in [2.24, 2.45) is 0 Å². The highest BCUT2D eigenvalue weighted by molar-refractivity contribution is 7.77. The Labute approximate surface area is 192 Å². The average molecular weight is 457 g/mol. The standard InChI is InChI=1S/C27H24NO4P/c29-26(21-11-4-1-5-12-21)27(30)25(19-18-22-13-10-20-32-22)28-33(31,23-14-6-2-7-15-23)24-16-8-3-9-17-24/h1-20,25,27,30H,(H,28,31)/b19-18+/t25-,27+/m0/s1. The smallest absolute Gasteiger partial charge is 0.205 e. The van der Waals surface area contributed by atoms with Gasteiger partial charge in [-0.2, -0.15) is 0 Å². The van der Waals surface area contributed by atoms with Gasteiger partial charge in [0.05, 0.1) is 12.3 Å². The molecule has 2 N–H and O–H groups in total. The quantitative estimate of drug-likeness (QED) is 0.287. The second kappa shape index (κ2) is 10.4. The molecule has 0 saturated carbocycles. The third-order valence-corrected chi connectivity index (χ3v) is 7.96. The summed E-state index contributed by atoms with van der Waals surface area (Å²) in [5.41, 5.74) is 0.373. The number of Topliss-reactive ketones (excluding diaryl/α,β-unsaturated/α-hetero) is 1. The van der Waals surface area contributed by atoms with Gasteiger partial charge in [-0.25, -0.2) is 0 Å². The fraction of sp³-hybridized carbons (Fsp3) is 0.0741. The first kappa shape index (κ1) is 22.7. The first-order valence-electron chi connectivity index (χ1n) is 10.6. The largest absolute Gasteiger partial charge is 0.465 e. The first-order chi connectivity index (χ1) is 16.1. The molecule has 5 nitrogen and oxygen atoms in total. The number of aliphatic hydroxyl groups excluding tert-OH is 1. The lowest BCUT2D eigenvalue weighted by Crippen LogP contribution is -2.44. The third-order valence-electron chi connectivity index (χ3n) is 5.25. The molecule has 0 amide bonds. The van der Waals surface area contributed by atoms with Crippen molar-refractivity contribution in [3.63, 3.8) is 0 Å². The predicted octanol–water partition coefficient (Wildman–Crippen LogP) is 4.42. The van der Waals surface area contributed by atoms with Gasteiger partial charge >= 0.3 is 0 Å². The molecule has 6 heteroatoms. The summed E-state index contributed by atoms with van der Waals surface area (Å²) >= 11 is 0. The molecule has 0 aliphatic heterocycles. The second-order valence-electron chi connectivity index (χ2n) is 7.48. The second-order valence-corrected chi connectivity index (χ2v) is 9.99. The summed E-state index contributed by atoms with van der Waals surface area (Å²) in [4.78, 5) is 13.1. The summed E-state index contributed by atoms with van der Waals surface area (Å²) in [6, 6.07) is 29.2. The molecule has 0 aliphatic rings. The number of benzene rings is 3. The molecule has 166 valence electrons. The van der Waals surface area contributed by atoms with E-state index in [9.17, 15) is 14.5 Å². The molecule has 1 aromatic heterocycles. The van der Waals surface area contributed by atoms with E-state index in [0.717, 1.165) is 0 Å². The Morgan fingerprint density at radius 1 is 0.818 bits per heavy atom. The minimum atomic E-state index is -3.42. The zero-order valence-corrected chi connectivity index (χ0v) is 18.7. The van der Waals surface area contributed by atoms with Gasteiger partial charge in [-0.15, -0.1) is 0 Å². The van der Waals surface area contributed by atoms with Crippen molar-refractivity contribution in [1.29, 1.82) is 0 Å². The van der Waals surface area contributed by atoms with E-state index in [1.807, 2.05) is 36.4 Å². The van der Waals surface area contributed by atoms with E-state index >= 15 is 0 Å². The Morgan fingerprint density at radius 2 is 1.36 bits per heavy atom. The lowest BCUT2D eigenvalue weighted by molar-refractivity contribution is 0.0714. The highest BCUT2D eigenvalue weighted by Gasteiger charge is 2.34. The van der Waals surface area contributed by atoms with Crippen molar-refractivity contribution in [3.8, 4) is 0 Å². The van der Waals surface area contributed by atoms with Crippen LogP contribution in [0, 0.1) is 0 Å². The van der Waals surface area contributed by atoms with E-state index < -0.39 is 25.2 Å². The zero-order chi connectivity index (χ0) is 23.1. The molecular weight excluding hydrogens is 433 g/mol. The van der Waals surface area contributed by atoms with E-state index in [4.69, 9.17) is 4.42 Å². The molecule has 2 atom stereocenters. The molecule has 0 aliphatic carbocycles. The highest BCUT2D eigenvalue weighted by Crippen LogP contribution is 2.40. The first-order valence-corrected chi connectivity index (χ1v) is 12.3. The molecular formula is C27H24NO4P. The van der Waals surface area contributed by atoms with Crippen LogP contribution < -0.4 is 15.7 Å². The van der Waals surface area contributed by atoms with Crippen LogP contribution in [0.1, 0.15) is 16.1 Å². The lowest BCUT2D eigenvalue weighted by Gasteiger charge is -2.28. The highest BCUT2D eigenvalue weighted by atomic mass is 31.2. The average Bonchev–Trinajstić information content (AvgIpc) is 3.41. The van der Waals surface area contributed by atoms with Crippen LogP contribution >= 0.6 is 7.29 Å². The van der Waals surface area contributed by atoms with Crippen molar-refractivity contribution in [3.05, 3.63) is 127 Å². The molecule has 0 spiro atoms. The van der Waals surface area contributed by atoms with E-state index in [2.05, 4.69) is 5.09 Å². The molecule has 0 unspecified atom stereocenters. The molecule has 0 radical (unpaired) electrons. The van der Waals surface area contributed by atoms with Crippen molar-refractivity contribution in [2.75, 3.05) is 0 Å². The predicted molar refractivity (Wildman–Crippen MR) is 131 cm³/mol. The number of nitrogens with one attached hydrogen (secondary N) is 1. The van der Waals surface area contributed by atoms with Crippen LogP contribution in [-0.2, 0) is 4.57 Å². The van der Waals surface area contributed by atoms with Crippen molar-refractivity contribution >= 4 is 29.8 Å². The molecule has 4 aromatic rings.